The lowest BCUT2D eigenvalue weighted by Crippen LogP contribution is -2.60. The highest BCUT2D eigenvalue weighted by molar-refractivity contribution is 7.86. The monoisotopic (exact) mass is 732 g/mol. The Bertz CT molecular complexity index is 1390. The second kappa shape index (κ2) is 14.2. The van der Waals surface area contributed by atoms with Crippen LogP contribution in [-0.4, -0.2) is 72.7 Å². The smallest absolute Gasteiger partial charge is 0.432 e. The Morgan fingerprint density at radius 3 is 1.96 bits per heavy atom. The van der Waals surface area contributed by atoms with Gasteiger partial charge in [-0.1, -0.05) is 13.8 Å². The fraction of sp³-hybridized carbons (Fsp3) is 0.875. The summed E-state index contributed by atoms with van der Waals surface area (Å²) in [5.74, 6) is -4.09. The third kappa shape index (κ3) is 8.17. The molecule has 12 unspecified atom stereocenters. The number of hydrogen-bond acceptors (Lipinski definition) is 10. The van der Waals surface area contributed by atoms with Gasteiger partial charge in [0.25, 0.3) is 6.10 Å². The van der Waals surface area contributed by atoms with Gasteiger partial charge in [0.2, 0.25) is 0 Å². The van der Waals surface area contributed by atoms with Gasteiger partial charge in [0.05, 0.1) is 0 Å². The van der Waals surface area contributed by atoms with Crippen LogP contribution in [0.15, 0.2) is 0 Å². The van der Waals surface area contributed by atoms with E-state index in [1.165, 1.54) is 20.8 Å². The van der Waals surface area contributed by atoms with E-state index in [2.05, 4.69) is 11.7 Å². The third-order valence-corrected chi connectivity index (χ3v) is 12.6. The molecule has 4 aliphatic carbocycles. The number of halogens is 5. The minimum atomic E-state index is -6.57. The fourth-order valence-electron chi connectivity index (χ4n) is 9.76. The first kappa shape index (κ1) is 39.2. The highest BCUT2D eigenvalue weighted by Gasteiger charge is 2.66. The number of ether oxygens (including phenoxy) is 4. The van der Waals surface area contributed by atoms with Crippen molar-refractivity contribution in [2.45, 2.75) is 128 Å². The van der Waals surface area contributed by atoms with E-state index in [0.717, 1.165) is 6.42 Å². The molecule has 11 nitrogen and oxygen atoms in total. The molecule has 0 spiro atoms. The second-order valence-corrected chi connectivity index (χ2v) is 16.1. The van der Waals surface area contributed by atoms with Crippen LogP contribution in [0.4, 0.5) is 22.0 Å². The largest absolute Gasteiger partial charge is 0.463 e. The molecule has 0 amide bonds. The van der Waals surface area contributed by atoms with E-state index >= 15 is 0 Å². The van der Waals surface area contributed by atoms with E-state index in [9.17, 15) is 49.5 Å². The first-order valence-electron chi connectivity index (χ1n) is 16.6. The maximum Gasteiger partial charge on any atom is 0.432 e. The number of carbonyl (C=O) groups is 4. The van der Waals surface area contributed by atoms with Gasteiger partial charge < -0.3 is 18.9 Å². The van der Waals surface area contributed by atoms with Crippen molar-refractivity contribution in [2.24, 2.45) is 46.8 Å². The summed E-state index contributed by atoms with van der Waals surface area (Å²) in [6.45, 7) is 7.92. The number of carbonyl (C=O) groups excluding carboxylic acids is 4. The number of rotatable bonds is 10. The lowest BCUT2D eigenvalue weighted by molar-refractivity contribution is -0.259. The van der Waals surface area contributed by atoms with Gasteiger partial charge in [-0.15, -0.1) is 0 Å². The first-order chi connectivity index (χ1) is 22.5. The summed E-state index contributed by atoms with van der Waals surface area (Å²) in [6, 6.07) is 0. The Kier molecular flexibility index (Phi) is 11.4. The van der Waals surface area contributed by atoms with Crippen molar-refractivity contribution < 1.29 is 73.0 Å². The minimum Gasteiger partial charge on any atom is -0.463 e. The molecule has 4 fully saturated rings. The van der Waals surface area contributed by atoms with Gasteiger partial charge in [-0.3, -0.25) is 23.7 Å². The van der Waals surface area contributed by atoms with Crippen molar-refractivity contribution in [3.05, 3.63) is 0 Å². The van der Waals surface area contributed by atoms with Crippen LogP contribution in [0.25, 0.3) is 0 Å². The summed E-state index contributed by atoms with van der Waals surface area (Å²) in [5.41, 5.74) is -0.242. The predicted octanol–water partition coefficient (Wildman–Crippen LogP) is 5.64. The molecule has 1 N–H and O–H groups in total. The topological polar surface area (TPSA) is 160 Å². The Hall–Kier alpha value is -2.56. The molecule has 0 aliphatic heterocycles. The Balaban J connectivity index is 1.56. The van der Waals surface area contributed by atoms with Crippen LogP contribution < -0.4 is 0 Å². The molecule has 17 heteroatoms. The molecule has 12 atom stereocenters. The van der Waals surface area contributed by atoms with Gasteiger partial charge in [-0.05, 0) is 86.4 Å². The van der Waals surface area contributed by atoms with Crippen molar-refractivity contribution in [2.75, 3.05) is 0 Å². The molecule has 49 heavy (non-hydrogen) atoms. The molecule has 0 aromatic rings. The summed E-state index contributed by atoms with van der Waals surface area (Å²) in [6.07, 6.45) is -8.32. The number of fused-ring (bicyclic) bond motifs is 5. The summed E-state index contributed by atoms with van der Waals surface area (Å²) >= 11 is 0. The lowest BCUT2D eigenvalue weighted by atomic mass is 9.45. The van der Waals surface area contributed by atoms with Crippen LogP contribution in [0.3, 0.4) is 0 Å². The average molecular weight is 733 g/mol. The maximum absolute atomic E-state index is 13.9. The zero-order chi connectivity index (χ0) is 36.9. The van der Waals surface area contributed by atoms with Crippen LogP contribution in [0.5, 0.6) is 0 Å². The molecule has 280 valence electrons. The van der Waals surface area contributed by atoms with Gasteiger partial charge in [0, 0.05) is 39.0 Å². The molecule has 0 bridgehead atoms. The van der Waals surface area contributed by atoms with Crippen LogP contribution in [0, 0.1) is 46.8 Å². The molecular weight excluding hydrogens is 687 g/mol. The number of alkyl halides is 5. The standard InChI is InChI=1S/C32H45F5O11S/c1-15(6-9-26(41)48-29(31(33,34)35)32(36,37)49(42,43)44)21-7-8-22-27(21)25(47-18(4)40)14-23-28(22)24(46-17(3)39)13-19-12-20(45-16(2)38)10-11-30(19,23)5/h15,19-25,27-29H,6-14H2,1-5H3,(H,42,43,44). The highest BCUT2D eigenvalue weighted by atomic mass is 32.2. The van der Waals surface area contributed by atoms with Gasteiger partial charge in [0.15, 0.2) is 0 Å². The van der Waals surface area contributed by atoms with Crippen LogP contribution in [0.2, 0.25) is 0 Å². The second-order valence-electron chi connectivity index (χ2n) is 14.6. The van der Waals surface area contributed by atoms with Gasteiger partial charge >= 0.3 is 45.4 Å². The predicted molar refractivity (Wildman–Crippen MR) is 159 cm³/mol. The van der Waals surface area contributed by atoms with E-state index < -0.39 is 70.1 Å². The van der Waals surface area contributed by atoms with Gasteiger partial charge in [-0.2, -0.15) is 30.4 Å². The van der Waals surface area contributed by atoms with Crippen molar-refractivity contribution in [1.29, 1.82) is 0 Å². The van der Waals surface area contributed by atoms with E-state index in [1.807, 2.05) is 0 Å². The SMILES string of the molecule is CC(=O)OC1CCC2(C)C(C1)CC(OC(C)=O)C1C3CCC(C(C)CCC(=O)OC(C(F)(F)F)C(F)(F)S(=O)(=O)O)C3C(OC(C)=O)CC12. The first-order valence-corrected chi connectivity index (χ1v) is 18.0. The molecule has 4 saturated carbocycles. The summed E-state index contributed by atoms with van der Waals surface area (Å²) in [5, 5.41) is -5.82. The zero-order valence-electron chi connectivity index (χ0n) is 28.0. The summed E-state index contributed by atoms with van der Waals surface area (Å²) in [4.78, 5) is 48.8. The van der Waals surface area contributed by atoms with Crippen LogP contribution >= 0.6 is 0 Å². The molecule has 0 heterocycles. The fourth-order valence-corrected chi connectivity index (χ4v) is 10.2. The van der Waals surface area contributed by atoms with Crippen LogP contribution in [-0.2, 0) is 48.2 Å². The molecule has 0 aromatic heterocycles. The minimum absolute atomic E-state index is 0.0210. The van der Waals surface area contributed by atoms with Crippen molar-refractivity contribution in [3.8, 4) is 0 Å². The normalized spacial score (nSPS) is 35.9. The van der Waals surface area contributed by atoms with Crippen molar-refractivity contribution in [3.63, 3.8) is 0 Å². The Labute approximate surface area is 282 Å². The molecule has 4 aliphatic rings. The van der Waals surface area contributed by atoms with E-state index in [4.69, 9.17) is 18.8 Å². The van der Waals surface area contributed by atoms with E-state index in [0.29, 0.717) is 38.5 Å². The molecule has 0 radical (unpaired) electrons. The van der Waals surface area contributed by atoms with Crippen molar-refractivity contribution in [1.82, 2.24) is 0 Å². The average Bonchev–Trinajstić information content (AvgIpc) is 3.39. The van der Waals surface area contributed by atoms with E-state index in [-0.39, 0.29) is 59.4 Å². The molecule has 0 aromatic carbocycles. The summed E-state index contributed by atoms with van der Waals surface area (Å²) in [7, 11) is -6.57. The quantitative estimate of drug-likeness (QED) is 0.128. The number of hydrogen-bond donors (Lipinski definition) is 1. The Morgan fingerprint density at radius 1 is 0.857 bits per heavy atom. The highest BCUT2D eigenvalue weighted by Crippen LogP contribution is 2.65. The van der Waals surface area contributed by atoms with Gasteiger partial charge in [-0.25, -0.2) is 0 Å². The Morgan fingerprint density at radius 2 is 1.43 bits per heavy atom. The third-order valence-electron chi connectivity index (χ3n) is 11.7. The zero-order valence-corrected chi connectivity index (χ0v) is 28.9. The molecular formula is C32H45F5O11S. The van der Waals surface area contributed by atoms with Crippen molar-refractivity contribution >= 4 is 34.0 Å². The number of esters is 4. The van der Waals surface area contributed by atoms with E-state index in [1.54, 1.807) is 6.92 Å². The molecule has 4 rings (SSSR count). The summed E-state index contributed by atoms with van der Waals surface area (Å²) < 4.78 is 120. The lowest BCUT2D eigenvalue weighted by Gasteiger charge is -2.61. The van der Waals surface area contributed by atoms with Gasteiger partial charge in [0.1, 0.15) is 18.3 Å². The maximum atomic E-state index is 13.9. The van der Waals surface area contributed by atoms with Crippen LogP contribution in [0.1, 0.15) is 92.4 Å². The molecule has 0 saturated heterocycles.